The van der Waals surface area contributed by atoms with Gasteiger partial charge in [-0.05, 0) is 31.7 Å². The fourth-order valence-corrected chi connectivity index (χ4v) is 4.43. The summed E-state index contributed by atoms with van der Waals surface area (Å²) in [5, 5.41) is 11.3. The number of rotatable bonds is 6. The Morgan fingerprint density at radius 3 is 2.70 bits per heavy atom. The van der Waals surface area contributed by atoms with E-state index in [1.807, 2.05) is 20.1 Å². The van der Waals surface area contributed by atoms with Crippen molar-refractivity contribution >= 4 is 58.1 Å². The van der Waals surface area contributed by atoms with Crippen molar-refractivity contribution in [3.63, 3.8) is 0 Å². The highest BCUT2D eigenvalue weighted by Gasteiger charge is 2.19. The smallest absolute Gasteiger partial charge is 0.237 e. The van der Waals surface area contributed by atoms with Crippen LogP contribution in [0.4, 0.5) is 5.69 Å². The monoisotopic (exact) mass is 389 g/mol. The molecule has 0 spiro atoms. The molecule has 1 heterocycles. The van der Waals surface area contributed by atoms with Gasteiger partial charge in [-0.3, -0.25) is 4.79 Å². The van der Waals surface area contributed by atoms with Crippen LogP contribution in [0.15, 0.2) is 20.8 Å². The minimum atomic E-state index is -0.307. The van der Waals surface area contributed by atoms with Crippen LogP contribution in [-0.4, -0.2) is 34.7 Å². The van der Waals surface area contributed by atoms with Crippen LogP contribution in [-0.2, 0) is 4.79 Å². The van der Waals surface area contributed by atoms with E-state index in [9.17, 15) is 4.79 Å². The maximum absolute atomic E-state index is 12.4. The zero-order valence-electron chi connectivity index (χ0n) is 13.0. The first kappa shape index (κ1) is 18.4. The summed E-state index contributed by atoms with van der Waals surface area (Å²) in [7, 11) is 1.54. The second-order valence-electron chi connectivity index (χ2n) is 4.59. The highest BCUT2D eigenvalue weighted by atomic mass is 35.5. The Labute approximate surface area is 152 Å². The second-order valence-corrected chi connectivity index (χ2v) is 8.62. The fourth-order valence-electron chi connectivity index (χ4n) is 1.70. The Kier molecular flexibility index (Phi) is 6.58. The number of nitrogens with one attached hydrogen (secondary N) is 1. The summed E-state index contributed by atoms with van der Waals surface area (Å²) in [6.45, 7) is 3.70. The van der Waals surface area contributed by atoms with Crippen molar-refractivity contribution in [1.29, 1.82) is 0 Å². The highest BCUT2D eigenvalue weighted by molar-refractivity contribution is 8.03. The molecule has 0 saturated carbocycles. The van der Waals surface area contributed by atoms with Crippen LogP contribution in [0.2, 0.25) is 5.02 Å². The van der Waals surface area contributed by atoms with Gasteiger partial charge >= 0.3 is 0 Å². The van der Waals surface area contributed by atoms with Gasteiger partial charge in [0.2, 0.25) is 5.91 Å². The van der Waals surface area contributed by atoms with E-state index in [0.717, 1.165) is 14.2 Å². The molecule has 1 unspecified atom stereocenters. The first-order valence-corrected chi connectivity index (χ1v) is 9.93. The summed E-state index contributed by atoms with van der Waals surface area (Å²) in [6, 6.07) is 3.49. The number of benzene rings is 1. The third kappa shape index (κ3) is 4.76. The molecular weight excluding hydrogens is 374 g/mol. The number of nitrogens with zero attached hydrogens (tertiary/aromatic N) is 2. The molecular formula is C14H16ClN3O2S3. The van der Waals surface area contributed by atoms with E-state index in [4.69, 9.17) is 16.3 Å². The van der Waals surface area contributed by atoms with Crippen LogP contribution in [0.25, 0.3) is 0 Å². The molecule has 124 valence electrons. The van der Waals surface area contributed by atoms with Gasteiger partial charge < -0.3 is 10.1 Å². The minimum absolute atomic E-state index is 0.129. The summed E-state index contributed by atoms with van der Waals surface area (Å²) >= 11 is 10.5. The van der Waals surface area contributed by atoms with Crippen LogP contribution in [0, 0.1) is 6.92 Å². The fraction of sp³-hybridized carbons (Fsp3) is 0.357. The largest absolute Gasteiger partial charge is 0.495 e. The number of aromatic nitrogens is 2. The van der Waals surface area contributed by atoms with Crippen LogP contribution < -0.4 is 10.1 Å². The molecule has 1 aromatic heterocycles. The van der Waals surface area contributed by atoms with Crippen molar-refractivity contribution in [3.05, 3.63) is 22.7 Å². The topological polar surface area (TPSA) is 64.1 Å². The quantitative estimate of drug-likeness (QED) is 0.741. The van der Waals surface area contributed by atoms with Crippen LogP contribution in [0.3, 0.4) is 0 Å². The molecule has 0 aliphatic heterocycles. The molecule has 0 aliphatic rings. The standard InChI is InChI=1S/C14H16ClN3O2S3/c1-7-5-10(11(20-3)6-9(7)15)16-12(19)8(2)22-14-18-17-13(21-4)23-14/h5-6,8H,1-4H3,(H,16,19). The molecule has 1 aromatic carbocycles. The third-order valence-corrected chi connectivity index (χ3v) is 6.44. The number of carbonyl (C=O) groups excluding carboxylic acids is 1. The Morgan fingerprint density at radius 2 is 2.09 bits per heavy atom. The van der Waals surface area contributed by atoms with Crippen molar-refractivity contribution in [2.45, 2.75) is 27.8 Å². The molecule has 9 heteroatoms. The summed E-state index contributed by atoms with van der Waals surface area (Å²) in [5.74, 6) is 0.405. The number of anilines is 1. The lowest BCUT2D eigenvalue weighted by Crippen LogP contribution is -2.22. The van der Waals surface area contributed by atoms with Gasteiger partial charge in [0.05, 0.1) is 18.0 Å². The zero-order valence-corrected chi connectivity index (χ0v) is 16.3. The second kappa shape index (κ2) is 8.23. The van der Waals surface area contributed by atoms with Crippen LogP contribution in [0.1, 0.15) is 12.5 Å². The number of ether oxygens (including phenoxy) is 1. The predicted molar refractivity (Wildman–Crippen MR) is 98.4 cm³/mol. The first-order chi connectivity index (χ1) is 10.9. The van der Waals surface area contributed by atoms with Gasteiger partial charge in [-0.15, -0.1) is 10.2 Å². The van der Waals surface area contributed by atoms with Gasteiger partial charge in [-0.1, -0.05) is 46.5 Å². The van der Waals surface area contributed by atoms with Gasteiger partial charge in [0.15, 0.2) is 8.68 Å². The summed E-state index contributed by atoms with van der Waals surface area (Å²) in [6.07, 6.45) is 1.94. The first-order valence-electron chi connectivity index (χ1n) is 6.63. The number of aryl methyl sites for hydroxylation is 1. The number of carbonyl (C=O) groups is 1. The number of methoxy groups -OCH3 is 1. The van der Waals surface area contributed by atoms with Gasteiger partial charge in [0.25, 0.3) is 0 Å². The molecule has 0 saturated heterocycles. The number of hydrogen-bond donors (Lipinski definition) is 1. The number of hydrogen-bond acceptors (Lipinski definition) is 7. The van der Waals surface area contributed by atoms with E-state index < -0.39 is 0 Å². The van der Waals surface area contributed by atoms with Crippen molar-refractivity contribution in [2.24, 2.45) is 0 Å². The van der Waals surface area contributed by atoms with E-state index in [1.54, 1.807) is 19.2 Å². The summed E-state index contributed by atoms with van der Waals surface area (Å²) in [4.78, 5) is 12.4. The Bertz CT molecular complexity index is 709. The third-order valence-electron chi connectivity index (χ3n) is 2.95. The van der Waals surface area contributed by atoms with E-state index in [2.05, 4.69) is 15.5 Å². The summed E-state index contributed by atoms with van der Waals surface area (Å²) < 4.78 is 6.93. The molecule has 1 N–H and O–H groups in total. The maximum atomic E-state index is 12.4. The molecule has 0 fully saturated rings. The molecule has 2 rings (SSSR count). The van der Waals surface area contributed by atoms with Gasteiger partial charge in [0.1, 0.15) is 5.75 Å². The molecule has 0 aliphatic carbocycles. The number of thioether (sulfide) groups is 2. The highest BCUT2D eigenvalue weighted by Crippen LogP contribution is 2.33. The molecule has 0 bridgehead atoms. The SMILES string of the molecule is COc1cc(Cl)c(C)cc1NC(=O)C(C)Sc1nnc(SC)s1. The van der Waals surface area contributed by atoms with Gasteiger partial charge in [0, 0.05) is 11.1 Å². The Hall–Kier alpha value is -0.960. The van der Waals surface area contributed by atoms with Crippen molar-refractivity contribution < 1.29 is 9.53 Å². The molecule has 0 radical (unpaired) electrons. The number of amides is 1. The van der Waals surface area contributed by atoms with Crippen molar-refractivity contribution in [1.82, 2.24) is 10.2 Å². The lowest BCUT2D eigenvalue weighted by atomic mass is 10.2. The minimum Gasteiger partial charge on any atom is -0.495 e. The predicted octanol–water partition coefficient (Wildman–Crippen LogP) is 4.35. The van der Waals surface area contributed by atoms with Crippen LogP contribution in [0.5, 0.6) is 5.75 Å². The van der Waals surface area contributed by atoms with E-state index in [1.165, 1.54) is 34.9 Å². The molecule has 2 aromatic rings. The Balaban J connectivity index is 2.07. The molecule has 1 amide bonds. The lowest BCUT2D eigenvalue weighted by molar-refractivity contribution is -0.115. The van der Waals surface area contributed by atoms with Crippen molar-refractivity contribution in [2.75, 3.05) is 18.7 Å². The molecule has 5 nitrogen and oxygen atoms in total. The molecule has 1 atom stereocenters. The van der Waals surface area contributed by atoms with E-state index in [0.29, 0.717) is 16.5 Å². The van der Waals surface area contributed by atoms with Gasteiger partial charge in [-0.25, -0.2) is 0 Å². The maximum Gasteiger partial charge on any atom is 0.237 e. The van der Waals surface area contributed by atoms with E-state index in [-0.39, 0.29) is 11.2 Å². The lowest BCUT2D eigenvalue weighted by Gasteiger charge is -2.14. The summed E-state index contributed by atoms with van der Waals surface area (Å²) in [5.41, 5.74) is 1.48. The van der Waals surface area contributed by atoms with Gasteiger partial charge in [-0.2, -0.15) is 0 Å². The van der Waals surface area contributed by atoms with Crippen LogP contribution >= 0.6 is 46.5 Å². The average molecular weight is 390 g/mol. The number of halogens is 1. The van der Waals surface area contributed by atoms with E-state index >= 15 is 0 Å². The zero-order chi connectivity index (χ0) is 17.0. The Morgan fingerprint density at radius 1 is 1.39 bits per heavy atom. The molecule has 23 heavy (non-hydrogen) atoms. The van der Waals surface area contributed by atoms with Crippen molar-refractivity contribution in [3.8, 4) is 5.75 Å². The average Bonchev–Trinajstić information content (AvgIpc) is 2.98. The normalized spacial score (nSPS) is 12.0.